The third-order valence-electron chi connectivity index (χ3n) is 3.16. The van der Waals surface area contributed by atoms with Crippen LogP contribution in [0.15, 0.2) is 39.6 Å². The van der Waals surface area contributed by atoms with Crippen LogP contribution in [0.3, 0.4) is 0 Å². The predicted octanol–water partition coefficient (Wildman–Crippen LogP) is 2.16. The summed E-state index contributed by atoms with van der Waals surface area (Å²) in [5.74, 6) is -1.36. The van der Waals surface area contributed by atoms with Crippen LogP contribution >= 0.6 is 15.9 Å². The van der Waals surface area contributed by atoms with Crippen LogP contribution in [0.5, 0.6) is 5.75 Å². The Balaban J connectivity index is 2.64. The Bertz CT molecular complexity index is 858. The summed E-state index contributed by atoms with van der Waals surface area (Å²) in [4.78, 5) is 35.2. The van der Waals surface area contributed by atoms with Gasteiger partial charge in [-0.3, -0.25) is 14.2 Å². The predicted molar refractivity (Wildman–Crippen MR) is 88.2 cm³/mol. The molecule has 24 heavy (non-hydrogen) atoms. The number of hydrogen-bond donors (Lipinski definition) is 1. The van der Waals surface area contributed by atoms with E-state index in [0.29, 0.717) is 5.69 Å². The van der Waals surface area contributed by atoms with E-state index in [-0.39, 0.29) is 28.1 Å². The van der Waals surface area contributed by atoms with Gasteiger partial charge in [0.15, 0.2) is 0 Å². The van der Waals surface area contributed by atoms with Gasteiger partial charge in [0.05, 0.1) is 18.4 Å². The first-order valence-corrected chi connectivity index (χ1v) is 7.60. The summed E-state index contributed by atoms with van der Waals surface area (Å²) < 4.78 is 10.8. The summed E-state index contributed by atoms with van der Waals surface area (Å²) in [6.07, 6.45) is 0. The molecule has 0 saturated heterocycles. The Morgan fingerprint density at radius 2 is 2.00 bits per heavy atom. The molecule has 0 saturated carbocycles. The minimum Gasteiger partial charge on any atom is -0.506 e. The highest BCUT2D eigenvalue weighted by molar-refractivity contribution is 9.10. The SMILES string of the molecule is COC(=O)c1cccc(-n2c(COC(C)=O)cc(O)c(Br)c2=O)c1. The summed E-state index contributed by atoms with van der Waals surface area (Å²) in [7, 11) is 1.25. The van der Waals surface area contributed by atoms with Crippen LogP contribution < -0.4 is 5.56 Å². The number of rotatable bonds is 4. The summed E-state index contributed by atoms with van der Waals surface area (Å²) >= 11 is 3.02. The Morgan fingerprint density at radius 1 is 1.29 bits per heavy atom. The molecule has 0 fully saturated rings. The molecule has 0 amide bonds. The molecule has 0 atom stereocenters. The smallest absolute Gasteiger partial charge is 0.337 e. The fraction of sp³-hybridized carbons (Fsp3) is 0.188. The summed E-state index contributed by atoms with van der Waals surface area (Å²) in [5, 5.41) is 9.82. The number of carbonyl (C=O) groups excluding carboxylic acids is 2. The zero-order valence-corrected chi connectivity index (χ0v) is 14.5. The lowest BCUT2D eigenvalue weighted by molar-refractivity contribution is -0.142. The van der Waals surface area contributed by atoms with Crippen molar-refractivity contribution in [3.63, 3.8) is 0 Å². The van der Waals surface area contributed by atoms with Gasteiger partial charge in [0.2, 0.25) is 0 Å². The van der Waals surface area contributed by atoms with E-state index in [4.69, 9.17) is 4.74 Å². The molecule has 0 bridgehead atoms. The monoisotopic (exact) mass is 395 g/mol. The van der Waals surface area contributed by atoms with Gasteiger partial charge in [0.1, 0.15) is 16.8 Å². The van der Waals surface area contributed by atoms with Crippen LogP contribution in [-0.2, 0) is 20.9 Å². The van der Waals surface area contributed by atoms with Crippen LogP contribution in [-0.4, -0.2) is 28.7 Å². The minimum absolute atomic E-state index is 0.0439. The first-order chi connectivity index (χ1) is 11.3. The highest BCUT2D eigenvalue weighted by Crippen LogP contribution is 2.23. The van der Waals surface area contributed by atoms with Crippen LogP contribution in [0.25, 0.3) is 5.69 Å². The number of esters is 2. The molecule has 1 heterocycles. The standard InChI is InChI=1S/C16H14BrNO6/c1-9(19)24-8-12-7-13(20)14(17)15(21)18(12)11-5-3-4-10(6-11)16(22)23-2/h3-7,20H,8H2,1-2H3. The van der Waals surface area contributed by atoms with Crippen molar-refractivity contribution in [1.82, 2.24) is 4.57 Å². The number of aromatic nitrogens is 1. The molecule has 1 N–H and O–H groups in total. The molecule has 0 aliphatic rings. The third kappa shape index (κ3) is 3.65. The van der Waals surface area contributed by atoms with E-state index < -0.39 is 17.5 Å². The van der Waals surface area contributed by atoms with Crippen LogP contribution in [0, 0.1) is 0 Å². The molecule has 0 spiro atoms. The zero-order chi connectivity index (χ0) is 17.9. The quantitative estimate of drug-likeness (QED) is 0.796. The molecule has 2 aromatic rings. The van der Waals surface area contributed by atoms with E-state index >= 15 is 0 Å². The second-order valence-electron chi connectivity index (χ2n) is 4.80. The second kappa shape index (κ2) is 7.31. The highest BCUT2D eigenvalue weighted by Gasteiger charge is 2.16. The molecule has 0 aliphatic heterocycles. The van der Waals surface area contributed by atoms with Gasteiger partial charge in [-0.25, -0.2) is 4.79 Å². The number of aromatic hydroxyl groups is 1. The van der Waals surface area contributed by atoms with Crippen LogP contribution in [0.4, 0.5) is 0 Å². The van der Waals surface area contributed by atoms with Crippen molar-refractivity contribution in [1.29, 1.82) is 0 Å². The third-order valence-corrected chi connectivity index (χ3v) is 3.90. The highest BCUT2D eigenvalue weighted by atomic mass is 79.9. The molecule has 0 unspecified atom stereocenters. The Kier molecular flexibility index (Phi) is 5.40. The number of benzene rings is 1. The van der Waals surface area contributed by atoms with Crippen molar-refractivity contribution in [3.05, 3.63) is 56.4 Å². The fourth-order valence-corrected chi connectivity index (χ4v) is 2.37. The molecular weight excluding hydrogens is 382 g/mol. The van der Waals surface area contributed by atoms with Gasteiger partial charge in [-0.05, 0) is 34.1 Å². The van der Waals surface area contributed by atoms with Crippen molar-refractivity contribution in [2.75, 3.05) is 7.11 Å². The number of ether oxygens (including phenoxy) is 2. The van der Waals surface area contributed by atoms with Crippen molar-refractivity contribution in [2.24, 2.45) is 0 Å². The van der Waals surface area contributed by atoms with E-state index in [1.807, 2.05) is 0 Å². The number of halogens is 1. The second-order valence-corrected chi connectivity index (χ2v) is 5.59. The summed E-state index contributed by atoms with van der Waals surface area (Å²) in [6, 6.07) is 7.51. The van der Waals surface area contributed by atoms with Gasteiger partial charge in [-0.1, -0.05) is 6.07 Å². The lowest BCUT2D eigenvalue weighted by atomic mass is 10.2. The Hall–Kier alpha value is -2.61. The maximum Gasteiger partial charge on any atom is 0.337 e. The van der Waals surface area contributed by atoms with Gasteiger partial charge >= 0.3 is 11.9 Å². The van der Waals surface area contributed by atoms with Crippen molar-refractivity contribution >= 4 is 27.9 Å². The molecule has 1 aromatic heterocycles. The maximum atomic E-state index is 12.5. The van der Waals surface area contributed by atoms with Crippen LogP contribution in [0.2, 0.25) is 0 Å². The topological polar surface area (TPSA) is 94.8 Å². The fourth-order valence-electron chi connectivity index (χ4n) is 2.08. The van der Waals surface area contributed by atoms with Crippen molar-refractivity contribution < 1.29 is 24.2 Å². The first kappa shape index (κ1) is 17.7. The average Bonchev–Trinajstić information content (AvgIpc) is 2.57. The van der Waals surface area contributed by atoms with Gasteiger partial charge in [-0.15, -0.1) is 0 Å². The molecule has 126 valence electrons. The van der Waals surface area contributed by atoms with E-state index in [9.17, 15) is 19.5 Å². The first-order valence-electron chi connectivity index (χ1n) is 6.80. The largest absolute Gasteiger partial charge is 0.506 e. The molecule has 0 aliphatic carbocycles. The molecule has 8 heteroatoms. The summed E-state index contributed by atoms with van der Waals surface area (Å²) in [6.45, 7) is 1.02. The van der Waals surface area contributed by atoms with E-state index in [0.717, 1.165) is 0 Å². The molecular formula is C16H14BrNO6. The molecule has 0 radical (unpaired) electrons. The number of nitrogens with zero attached hydrogens (tertiary/aromatic N) is 1. The summed E-state index contributed by atoms with van der Waals surface area (Å²) in [5.41, 5.74) is 0.312. The zero-order valence-electron chi connectivity index (χ0n) is 12.9. The Morgan fingerprint density at radius 3 is 2.62 bits per heavy atom. The Labute approximate surface area is 145 Å². The number of hydrogen-bond acceptors (Lipinski definition) is 6. The van der Waals surface area contributed by atoms with Crippen molar-refractivity contribution in [3.8, 4) is 11.4 Å². The van der Waals surface area contributed by atoms with Gasteiger partial charge in [-0.2, -0.15) is 0 Å². The van der Waals surface area contributed by atoms with E-state index in [1.165, 1.54) is 30.7 Å². The number of methoxy groups -OCH3 is 1. The minimum atomic E-state index is -0.556. The van der Waals surface area contributed by atoms with Crippen LogP contribution in [0.1, 0.15) is 23.0 Å². The lowest BCUT2D eigenvalue weighted by Gasteiger charge is -2.15. The van der Waals surface area contributed by atoms with Crippen molar-refractivity contribution in [2.45, 2.75) is 13.5 Å². The molecule has 7 nitrogen and oxygen atoms in total. The molecule has 2 rings (SSSR count). The van der Waals surface area contributed by atoms with E-state index in [2.05, 4.69) is 20.7 Å². The van der Waals surface area contributed by atoms with Gasteiger partial charge in [0, 0.05) is 18.7 Å². The molecule has 1 aromatic carbocycles. The number of carbonyl (C=O) groups is 2. The lowest BCUT2D eigenvalue weighted by Crippen LogP contribution is -2.23. The number of pyridine rings is 1. The maximum absolute atomic E-state index is 12.5. The average molecular weight is 396 g/mol. The van der Waals surface area contributed by atoms with Gasteiger partial charge in [0.25, 0.3) is 5.56 Å². The normalized spacial score (nSPS) is 10.3. The van der Waals surface area contributed by atoms with E-state index in [1.54, 1.807) is 18.2 Å². The van der Waals surface area contributed by atoms with Gasteiger partial charge < -0.3 is 14.6 Å².